The minimum atomic E-state index is -4.14. The highest BCUT2D eigenvalue weighted by molar-refractivity contribution is 14.1. The normalized spacial score (nSPS) is 13.8. The predicted octanol–water partition coefficient (Wildman–Crippen LogP) is 4.86. The maximum atomic E-state index is 12.8. The van der Waals surface area contributed by atoms with Crippen molar-refractivity contribution in [2.45, 2.75) is 31.9 Å². The second-order valence-electron chi connectivity index (χ2n) is 3.84. The van der Waals surface area contributed by atoms with Crippen LogP contribution in [0, 0.1) is 6.92 Å². The molecule has 0 aliphatic rings. The van der Waals surface area contributed by atoms with Gasteiger partial charge in [0.05, 0.1) is 5.92 Å². The van der Waals surface area contributed by atoms with Crippen LogP contribution in [0.2, 0.25) is 0 Å². The zero-order chi connectivity index (χ0) is 12.2. The lowest BCUT2D eigenvalue weighted by molar-refractivity contribution is -0.151. The first-order chi connectivity index (χ1) is 7.45. The smallest absolute Gasteiger partial charge is 0.170 e. The summed E-state index contributed by atoms with van der Waals surface area (Å²) in [4.78, 5) is 0. The van der Waals surface area contributed by atoms with E-state index in [4.69, 9.17) is 0 Å². The summed E-state index contributed by atoms with van der Waals surface area (Å²) in [7, 11) is 0. The van der Waals surface area contributed by atoms with Crippen molar-refractivity contribution >= 4 is 22.6 Å². The fourth-order valence-electron chi connectivity index (χ4n) is 1.60. The fraction of sp³-hybridized carbons (Fsp3) is 0.500. The van der Waals surface area contributed by atoms with E-state index < -0.39 is 12.1 Å². The van der Waals surface area contributed by atoms with Gasteiger partial charge in [-0.1, -0.05) is 52.4 Å². The zero-order valence-electron chi connectivity index (χ0n) is 9.02. The Kier molecular flexibility index (Phi) is 5.08. The molecular weight excluding hydrogens is 328 g/mol. The summed E-state index contributed by atoms with van der Waals surface area (Å²) < 4.78 is 39.2. The van der Waals surface area contributed by atoms with E-state index >= 15 is 0 Å². The van der Waals surface area contributed by atoms with E-state index in [1.807, 2.05) is 6.92 Å². The fourth-order valence-corrected chi connectivity index (χ4v) is 2.04. The molecule has 0 nitrogen and oxygen atoms in total. The molecule has 4 heteroatoms. The number of hydrogen-bond acceptors (Lipinski definition) is 0. The molecule has 0 bridgehead atoms. The Morgan fingerprint density at radius 1 is 1.19 bits per heavy atom. The zero-order valence-corrected chi connectivity index (χ0v) is 11.2. The van der Waals surface area contributed by atoms with Gasteiger partial charge in [-0.05, 0) is 29.8 Å². The number of hydrogen-bond donors (Lipinski definition) is 0. The lowest BCUT2D eigenvalue weighted by Crippen LogP contribution is -2.21. The van der Waals surface area contributed by atoms with E-state index in [0.717, 1.165) is 9.99 Å². The molecule has 0 saturated carbocycles. The van der Waals surface area contributed by atoms with Crippen LogP contribution in [0.25, 0.3) is 0 Å². The van der Waals surface area contributed by atoms with Crippen molar-refractivity contribution in [1.29, 1.82) is 0 Å². The average molecular weight is 342 g/mol. The largest absolute Gasteiger partial charge is 0.395 e. The van der Waals surface area contributed by atoms with Gasteiger partial charge in [0.25, 0.3) is 0 Å². The van der Waals surface area contributed by atoms with Gasteiger partial charge < -0.3 is 0 Å². The molecule has 0 amide bonds. The van der Waals surface area contributed by atoms with Gasteiger partial charge in [-0.3, -0.25) is 0 Å². The van der Waals surface area contributed by atoms with Crippen LogP contribution >= 0.6 is 22.6 Å². The van der Waals surface area contributed by atoms with E-state index in [1.165, 1.54) is 0 Å². The molecule has 1 atom stereocenters. The Bertz CT molecular complexity index is 316. The second kappa shape index (κ2) is 5.89. The maximum Gasteiger partial charge on any atom is 0.395 e. The summed E-state index contributed by atoms with van der Waals surface area (Å²) in [5.74, 6) is -1.32. The Morgan fingerprint density at radius 3 is 2.19 bits per heavy atom. The molecule has 0 spiro atoms. The predicted molar refractivity (Wildman–Crippen MR) is 68.1 cm³/mol. The third kappa shape index (κ3) is 3.96. The summed E-state index contributed by atoms with van der Waals surface area (Å²) in [6, 6.07) is 6.64. The number of rotatable bonds is 4. The molecule has 0 N–H and O–H groups in total. The maximum absolute atomic E-state index is 12.8. The molecule has 90 valence electrons. The molecule has 0 aromatic heterocycles. The van der Waals surface area contributed by atoms with Crippen LogP contribution in [-0.2, 0) is 0 Å². The van der Waals surface area contributed by atoms with Crippen molar-refractivity contribution in [1.82, 2.24) is 0 Å². The SMILES string of the molecule is Cc1ccc(C(CCCI)C(F)(F)F)cc1. The van der Waals surface area contributed by atoms with Gasteiger partial charge in [0.1, 0.15) is 0 Å². The monoisotopic (exact) mass is 342 g/mol. The van der Waals surface area contributed by atoms with Crippen LogP contribution in [-0.4, -0.2) is 10.6 Å². The van der Waals surface area contributed by atoms with Crippen molar-refractivity contribution in [3.05, 3.63) is 35.4 Å². The minimum absolute atomic E-state index is 0.176. The van der Waals surface area contributed by atoms with E-state index in [9.17, 15) is 13.2 Å². The first-order valence-electron chi connectivity index (χ1n) is 5.14. The Morgan fingerprint density at radius 2 is 1.75 bits per heavy atom. The van der Waals surface area contributed by atoms with Gasteiger partial charge in [0, 0.05) is 0 Å². The average Bonchev–Trinajstić information content (AvgIpc) is 2.19. The van der Waals surface area contributed by atoms with Crippen LogP contribution in [0.5, 0.6) is 0 Å². The van der Waals surface area contributed by atoms with Gasteiger partial charge in [0.2, 0.25) is 0 Å². The van der Waals surface area contributed by atoms with E-state index in [2.05, 4.69) is 22.6 Å². The summed E-state index contributed by atoms with van der Waals surface area (Å²) in [5, 5.41) is 0. The second-order valence-corrected chi connectivity index (χ2v) is 4.91. The van der Waals surface area contributed by atoms with Gasteiger partial charge in [-0.15, -0.1) is 0 Å². The Balaban J connectivity index is 2.88. The number of halogens is 4. The Labute approximate surface area is 107 Å². The summed E-state index contributed by atoms with van der Waals surface area (Å²) in [6.45, 7) is 1.87. The molecule has 0 heterocycles. The van der Waals surface area contributed by atoms with E-state index in [0.29, 0.717) is 12.0 Å². The van der Waals surface area contributed by atoms with E-state index in [1.54, 1.807) is 24.3 Å². The third-order valence-corrected chi connectivity index (χ3v) is 3.26. The number of aryl methyl sites for hydroxylation is 1. The van der Waals surface area contributed by atoms with Crippen LogP contribution < -0.4 is 0 Å². The van der Waals surface area contributed by atoms with Crippen LogP contribution in [0.1, 0.15) is 29.9 Å². The molecule has 1 unspecified atom stereocenters. The van der Waals surface area contributed by atoms with Crippen molar-refractivity contribution in [3.63, 3.8) is 0 Å². The topological polar surface area (TPSA) is 0 Å². The molecule has 1 aromatic carbocycles. The minimum Gasteiger partial charge on any atom is -0.170 e. The van der Waals surface area contributed by atoms with Crippen LogP contribution in [0.15, 0.2) is 24.3 Å². The highest BCUT2D eigenvalue weighted by Crippen LogP contribution is 2.38. The molecule has 0 aliphatic carbocycles. The molecule has 0 aliphatic heterocycles. The lowest BCUT2D eigenvalue weighted by atomic mass is 9.93. The van der Waals surface area contributed by atoms with Crippen LogP contribution in [0.4, 0.5) is 13.2 Å². The molecular formula is C12H14F3I. The van der Waals surface area contributed by atoms with Gasteiger partial charge in [0.15, 0.2) is 0 Å². The quantitative estimate of drug-likeness (QED) is 0.542. The lowest BCUT2D eigenvalue weighted by Gasteiger charge is -2.20. The summed E-state index contributed by atoms with van der Waals surface area (Å²) >= 11 is 2.11. The first-order valence-corrected chi connectivity index (χ1v) is 6.67. The van der Waals surface area contributed by atoms with Crippen molar-refractivity contribution in [3.8, 4) is 0 Å². The summed E-state index contributed by atoms with van der Waals surface area (Å²) in [6.07, 6.45) is -3.37. The molecule has 1 aromatic rings. The van der Waals surface area contributed by atoms with E-state index in [-0.39, 0.29) is 6.42 Å². The standard InChI is InChI=1S/C12H14F3I/c1-9-4-6-10(7-5-9)11(3-2-8-16)12(13,14)15/h4-7,11H,2-3,8H2,1H3. The van der Waals surface area contributed by atoms with Crippen molar-refractivity contribution < 1.29 is 13.2 Å². The molecule has 1 rings (SSSR count). The summed E-state index contributed by atoms with van der Waals surface area (Å²) in [5.41, 5.74) is 1.36. The Hall–Kier alpha value is -0.260. The highest BCUT2D eigenvalue weighted by Gasteiger charge is 2.39. The highest BCUT2D eigenvalue weighted by atomic mass is 127. The van der Waals surface area contributed by atoms with Gasteiger partial charge >= 0.3 is 6.18 Å². The molecule has 0 saturated heterocycles. The molecule has 0 radical (unpaired) electrons. The third-order valence-electron chi connectivity index (χ3n) is 2.50. The van der Waals surface area contributed by atoms with Gasteiger partial charge in [-0.25, -0.2) is 0 Å². The van der Waals surface area contributed by atoms with Crippen molar-refractivity contribution in [2.24, 2.45) is 0 Å². The number of benzene rings is 1. The number of alkyl halides is 4. The van der Waals surface area contributed by atoms with Gasteiger partial charge in [-0.2, -0.15) is 13.2 Å². The first kappa shape index (κ1) is 13.8. The molecule has 16 heavy (non-hydrogen) atoms. The molecule has 0 fully saturated rings. The van der Waals surface area contributed by atoms with Crippen molar-refractivity contribution in [2.75, 3.05) is 4.43 Å². The van der Waals surface area contributed by atoms with Crippen LogP contribution in [0.3, 0.4) is 0 Å².